The van der Waals surface area contributed by atoms with Crippen molar-refractivity contribution < 1.29 is 14.3 Å². The van der Waals surface area contributed by atoms with Gasteiger partial charge in [0.25, 0.3) is 5.91 Å². The molecule has 1 heterocycles. The molecule has 0 saturated heterocycles. The van der Waals surface area contributed by atoms with Crippen LogP contribution < -0.4 is 16.4 Å². The maximum absolute atomic E-state index is 12.1. The number of amides is 1. The van der Waals surface area contributed by atoms with Gasteiger partial charge in [-0.15, -0.1) is 0 Å². The molecule has 0 radical (unpaired) electrons. The first-order valence-corrected chi connectivity index (χ1v) is 7.86. The van der Waals surface area contributed by atoms with Gasteiger partial charge in [-0.3, -0.25) is 4.79 Å². The average Bonchev–Trinajstić information content (AvgIpc) is 3.19. The number of aromatic nitrogens is 1. The monoisotopic (exact) mass is 314 g/mol. The van der Waals surface area contributed by atoms with E-state index >= 15 is 0 Å². The van der Waals surface area contributed by atoms with Crippen LogP contribution in [0.15, 0.2) is 0 Å². The Balaban J connectivity index is 1.73. The second-order valence-electron chi connectivity index (χ2n) is 4.91. The highest BCUT2D eigenvalue weighted by atomic mass is 32.1. The van der Waals surface area contributed by atoms with Crippen molar-refractivity contribution in [3.05, 3.63) is 5.56 Å². The van der Waals surface area contributed by atoms with E-state index in [1.54, 1.807) is 7.11 Å². The predicted molar refractivity (Wildman–Crippen MR) is 82.8 cm³/mol. The third-order valence-electron chi connectivity index (χ3n) is 3.04. The number of anilines is 2. The third-order valence-corrected chi connectivity index (χ3v) is 3.86. The van der Waals surface area contributed by atoms with Crippen molar-refractivity contribution in [2.75, 3.05) is 44.5 Å². The molecule has 0 aliphatic heterocycles. The molecule has 8 heteroatoms. The van der Waals surface area contributed by atoms with E-state index in [9.17, 15) is 4.79 Å². The quantitative estimate of drug-likeness (QED) is 0.559. The first-order valence-electron chi connectivity index (χ1n) is 7.09. The average molecular weight is 314 g/mol. The zero-order chi connectivity index (χ0) is 15.1. The Bertz CT molecular complexity index is 462. The molecule has 1 saturated carbocycles. The number of hydrogen-bond donors (Lipinski definition) is 3. The summed E-state index contributed by atoms with van der Waals surface area (Å²) in [7, 11) is 1.65. The molecule has 0 bridgehead atoms. The molecule has 0 aromatic carbocycles. The number of carbonyl (C=O) groups is 1. The smallest absolute Gasteiger partial charge is 0.258 e. The van der Waals surface area contributed by atoms with Crippen molar-refractivity contribution in [2.24, 2.45) is 0 Å². The minimum absolute atomic E-state index is 0.136. The first kappa shape index (κ1) is 16.0. The molecule has 0 atom stereocenters. The van der Waals surface area contributed by atoms with E-state index in [-0.39, 0.29) is 11.7 Å². The Morgan fingerprint density at radius 2 is 2.24 bits per heavy atom. The van der Waals surface area contributed by atoms with Crippen LogP contribution in [-0.2, 0) is 9.47 Å². The van der Waals surface area contributed by atoms with E-state index in [0.29, 0.717) is 38.0 Å². The Labute approximate surface area is 128 Å². The Hall–Kier alpha value is -1.38. The van der Waals surface area contributed by atoms with Gasteiger partial charge < -0.3 is 25.8 Å². The summed E-state index contributed by atoms with van der Waals surface area (Å²) in [5.41, 5.74) is 6.25. The lowest BCUT2D eigenvalue weighted by atomic mass is 10.3. The predicted octanol–water partition coefficient (Wildman–Crippen LogP) is 1.08. The van der Waals surface area contributed by atoms with Crippen LogP contribution >= 0.6 is 11.5 Å². The number of nitrogens with zero attached hydrogens (tertiary/aromatic N) is 1. The topological polar surface area (TPSA) is 98.5 Å². The van der Waals surface area contributed by atoms with Crippen molar-refractivity contribution >= 4 is 28.3 Å². The molecule has 1 aliphatic rings. The summed E-state index contributed by atoms with van der Waals surface area (Å²) in [6, 6.07) is 0.304. The van der Waals surface area contributed by atoms with Gasteiger partial charge in [-0.25, -0.2) is 0 Å². The Kier molecular flexibility index (Phi) is 6.21. The van der Waals surface area contributed by atoms with Crippen LogP contribution in [0.4, 0.5) is 10.8 Å². The highest BCUT2D eigenvalue weighted by Crippen LogP contribution is 2.28. The van der Waals surface area contributed by atoms with Gasteiger partial charge >= 0.3 is 0 Å². The number of rotatable bonds is 10. The lowest BCUT2D eigenvalue weighted by Crippen LogP contribution is -2.26. The maximum atomic E-state index is 12.1. The summed E-state index contributed by atoms with van der Waals surface area (Å²) < 4.78 is 14.3. The van der Waals surface area contributed by atoms with Gasteiger partial charge in [0.1, 0.15) is 10.6 Å². The zero-order valence-electron chi connectivity index (χ0n) is 12.2. The minimum Gasteiger partial charge on any atom is -0.382 e. The molecule has 2 rings (SSSR count). The molecule has 4 N–H and O–H groups in total. The van der Waals surface area contributed by atoms with Crippen molar-refractivity contribution in [1.29, 1.82) is 0 Å². The van der Waals surface area contributed by atoms with Crippen molar-refractivity contribution in [3.63, 3.8) is 0 Å². The SMILES string of the molecule is COCCOCCCNc1snc(N)c1C(=O)NC1CC1. The van der Waals surface area contributed by atoms with Crippen LogP contribution in [-0.4, -0.2) is 49.8 Å². The van der Waals surface area contributed by atoms with E-state index in [2.05, 4.69) is 15.0 Å². The van der Waals surface area contributed by atoms with E-state index in [1.165, 1.54) is 11.5 Å². The zero-order valence-corrected chi connectivity index (χ0v) is 13.0. The van der Waals surface area contributed by atoms with Crippen LogP contribution in [0.5, 0.6) is 0 Å². The molecule has 7 nitrogen and oxygen atoms in total. The van der Waals surface area contributed by atoms with Crippen molar-refractivity contribution in [3.8, 4) is 0 Å². The summed E-state index contributed by atoms with van der Waals surface area (Å²) in [6.45, 7) is 2.55. The van der Waals surface area contributed by atoms with Gasteiger partial charge in [-0.2, -0.15) is 4.37 Å². The molecule has 1 aliphatic carbocycles. The van der Waals surface area contributed by atoms with Gasteiger partial charge in [0.2, 0.25) is 0 Å². The van der Waals surface area contributed by atoms with Crippen LogP contribution in [0.25, 0.3) is 0 Å². The van der Waals surface area contributed by atoms with Crippen LogP contribution in [0.1, 0.15) is 29.6 Å². The fraction of sp³-hybridized carbons (Fsp3) is 0.692. The number of methoxy groups -OCH3 is 1. The number of nitrogens with two attached hydrogens (primary N) is 1. The normalized spacial score (nSPS) is 14.1. The van der Waals surface area contributed by atoms with Gasteiger partial charge in [0.05, 0.1) is 13.2 Å². The molecule has 1 aromatic rings. The lowest BCUT2D eigenvalue weighted by Gasteiger charge is -2.08. The van der Waals surface area contributed by atoms with Crippen LogP contribution in [0.2, 0.25) is 0 Å². The number of ether oxygens (including phenoxy) is 2. The van der Waals surface area contributed by atoms with Crippen LogP contribution in [0, 0.1) is 0 Å². The summed E-state index contributed by atoms with van der Waals surface area (Å²) in [5, 5.41) is 6.86. The van der Waals surface area contributed by atoms with Gasteiger partial charge in [0, 0.05) is 26.3 Å². The van der Waals surface area contributed by atoms with Gasteiger partial charge in [-0.1, -0.05) is 0 Å². The van der Waals surface area contributed by atoms with Crippen molar-refractivity contribution in [1.82, 2.24) is 9.69 Å². The minimum atomic E-state index is -0.136. The summed E-state index contributed by atoms with van der Waals surface area (Å²) in [6.07, 6.45) is 2.93. The summed E-state index contributed by atoms with van der Waals surface area (Å²) >= 11 is 1.22. The molecule has 0 spiro atoms. The van der Waals surface area contributed by atoms with Crippen molar-refractivity contribution in [2.45, 2.75) is 25.3 Å². The van der Waals surface area contributed by atoms with Crippen LogP contribution in [0.3, 0.4) is 0 Å². The lowest BCUT2D eigenvalue weighted by molar-refractivity contribution is 0.0705. The molecule has 1 amide bonds. The molecular weight excluding hydrogens is 292 g/mol. The number of carbonyl (C=O) groups excluding carboxylic acids is 1. The number of nitrogen functional groups attached to an aromatic ring is 1. The molecule has 1 fully saturated rings. The van der Waals surface area contributed by atoms with E-state index < -0.39 is 0 Å². The first-order chi connectivity index (χ1) is 10.2. The van der Waals surface area contributed by atoms with E-state index in [1.807, 2.05) is 0 Å². The second kappa shape index (κ2) is 8.16. The number of hydrogen-bond acceptors (Lipinski definition) is 7. The Morgan fingerprint density at radius 1 is 1.43 bits per heavy atom. The molecule has 21 heavy (non-hydrogen) atoms. The molecule has 118 valence electrons. The fourth-order valence-electron chi connectivity index (χ4n) is 1.75. The maximum Gasteiger partial charge on any atom is 0.258 e. The van der Waals surface area contributed by atoms with Gasteiger partial charge in [-0.05, 0) is 30.8 Å². The highest BCUT2D eigenvalue weighted by molar-refractivity contribution is 7.11. The van der Waals surface area contributed by atoms with E-state index in [4.69, 9.17) is 15.2 Å². The van der Waals surface area contributed by atoms with Gasteiger partial charge in [0.15, 0.2) is 5.82 Å². The highest BCUT2D eigenvalue weighted by Gasteiger charge is 2.27. The molecule has 1 aromatic heterocycles. The largest absolute Gasteiger partial charge is 0.382 e. The Morgan fingerprint density at radius 3 is 2.95 bits per heavy atom. The standard InChI is InChI=1S/C13H22N4O3S/c1-19-7-8-20-6-2-5-15-13-10(11(14)17-21-13)12(18)16-9-3-4-9/h9,15H,2-8H2,1H3,(H2,14,17)(H,16,18). The third kappa shape index (κ3) is 5.14. The molecular formula is C13H22N4O3S. The summed E-state index contributed by atoms with van der Waals surface area (Å²) in [4.78, 5) is 12.1. The fourth-order valence-corrected chi connectivity index (χ4v) is 2.48. The summed E-state index contributed by atoms with van der Waals surface area (Å²) in [5.74, 6) is 0.152. The molecule has 0 unspecified atom stereocenters. The van der Waals surface area contributed by atoms with E-state index in [0.717, 1.165) is 24.3 Å². The second-order valence-corrected chi connectivity index (χ2v) is 5.68. The number of nitrogens with one attached hydrogen (secondary N) is 2.